The minimum absolute atomic E-state index is 0.157. The number of rotatable bonds is 6. The van der Waals surface area contributed by atoms with Crippen molar-refractivity contribution in [1.29, 1.82) is 0 Å². The first-order valence-electron chi connectivity index (χ1n) is 6.72. The SMILES string of the molecule is CCNC(=NCCC1CCCO1)NCCC(F)(F)F. The van der Waals surface area contributed by atoms with Gasteiger partial charge in [-0.05, 0) is 26.2 Å². The lowest BCUT2D eigenvalue weighted by molar-refractivity contribution is -0.132. The number of alkyl halides is 3. The van der Waals surface area contributed by atoms with Crippen LogP contribution in [-0.4, -0.2) is 44.5 Å². The molecule has 0 amide bonds. The van der Waals surface area contributed by atoms with Crippen LogP contribution in [0.4, 0.5) is 13.2 Å². The van der Waals surface area contributed by atoms with Gasteiger partial charge in [0.1, 0.15) is 0 Å². The van der Waals surface area contributed by atoms with Crippen molar-refractivity contribution >= 4 is 5.96 Å². The molecule has 1 saturated heterocycles. The number of guanidine groups is 1. The van der Waals surface area contributed by atoms with Crippen molar-refractivity contribution in [3.05, 3.63) is 0 Å². The Balaban J connectivity index is 2.25. The molecule has 0 aromatic heterocycles. The summed E-state index contributed by atoms with van der Waals surface area (Å²) in [6, 6.07) is 0. The number of aliphatic imine (C=N–C) groups is 1. The van der Waals surface area contributed by atoms with Crippen LogP contribution in [0.5, 0.6) is 0 Å². The molecule has 4 nitrogen and oxygen atoms in total. The van der Waals surface area contributed by atoms with Gasteiger partial charge < -0.3 is 15.4 Å². The zero-order chi connectivity index (χ0) is 14.1. The van der Waals surface area contributed by atoms with E-state index in [1.165, 1.54) is 0 Å². The van der Waals surface area contributed by atoms with Crippen LogP contribution in [0, 0.1) is 0 Å². The molecule has 0 radical (unpaired) electrons. The minimum atomic E-state index is -4.14. The predicted octanol–water partition coefficient (Wildman–Crippen LogP) is 2.06. The van der Waals surface area contributed by atoms with Gasteiger partial charge in [-0.15, -0.1) is 0 Å². The Hall–Kier alpha value is -0.980. The van der Waals surface area contributed by atoms with Gasteiger partial charge in [0.2, 0.25) is 0 Å². The van der Waals surface area contributed by atoms with E-state index < -0.39 is 12.6 Å². The van der Waals surface area contributed by atoms with Crippen LogP contribution in [0.1, 0.15) is 32.6 Å². The Kier molecular flexibility index (Phi) is 6.97. The summed E-state index contributed by atoms with van der Waals surface area (Å²) in [6.45, 7) is 3.71. The predicted molar refractivity (Wildman–Crippen MR) is 68.2 cm³/mol. The van der Waals surface area contributed by atoms with Gasteiger partial charge in [-0.1, -0.05) is 0 Å². The number of hydrogen-bond donors (Lipinski definition) is 2. The molecule has 1 rings (SSSR count). The lowest BCUT2D eigenvalue weighted by Crippen LogP contribution is -2.39. The summed E-state index contributed by atoms with van der Waals surface area (Å²) in [7, 11) is 0. The molecular weight excluding hydrogens is 259 g/mol. The van der Waals surface area contributed by atoms with Crippen LogP contribution < -0.4 is 10.6 Å². The Bertz CT molecular complexity index is 276. The quantitative estimate of drug-likeness (QED) is 0.578. The first-order valence-corrected chi connectivity index (χ1v) is 6.72. The van der Waals surface area contributed by atoms with Gasteiger partial charge >= 0.3 is 6.18 Å². The standard InChI is InChI=1S/C12H22F3N3O/c1-2-16-11(18-8-6-12(13,14)15)17-7-5-10-4-3-9-19-10/h10H,2-9H2,1H3,(H2,16,17,18). The summed E-state index contributed by atoms with van der Waals surface area (Å²) in [5.74, 6) is 0.435. The molecule has 19 heavy (non-hydrogen) atoms. The van der Waals surface area contributed by atoms with Crippen molar-refractivity contribution in [2.45, 2.75) is 44.9 Å². The first-order chi connectivity index (χ1) is 9.01. The maximum atomic E-state index is 12.0. The Morgan fingerprint density at radius 1 is 1.37 bits per heavy atom. The fraction of sp³-hybridized carbons (Fsp3) is 0.917. The average molecular weight is 281 g/mol. The molecular formula is C12H22F3N3O. The second-order valence-electron chi connectivity index (χ2n) is 4.48. The maximum Gasteiger partial charge on any atom is 0.390 e. The van der Waals surface area contributed by atoms with E-state index in [2.05, 4.69) is 15.6 Å². The molecule has 1 atom stereocenters. The molecule has 1 unspecified atom stereocenters. The van der Waals surface area contributed by atoms with Crippen molar-refractivity contribution in [2.24, 2.45) is 4.99 Å². The monoisotopic (exact) mass is 281 g/mol. The van der Waals surface area contributed by atoms with E-state index in [1.54, 1.807) is 0 Å². The molecule has 0 saturated carbocycles. The van der Waals surface area contributed by atoms with Crippen LogP contribution in [-0.2, 0) is 4.74 Å². The van der Waals surface area contributed by atoms with E-state index in [4.69, 9.17) is 4.74 Å². The molecule has 0 spiro atoms. The minimum Gasteiger partial charge on any atom is -0.378 e. The highest BCUT2D eigenvalue weighted by Crippen LogP contribution is 2.18. The van der Waals surface area contributed by atoms with Gasteiger partial charge in [-0.2, -0.15) is 13.2 Å². The van der Waals surface area contributed by atoms with Crippen molar-refractivity contribution in [3.8, 4) is 0 Å². The van der Waals surface area contributed by atoms with Crippen molar-refractivity contribution in [2.75, 3.05) is 26.2 Å². The number of ether oxygens (including phenoxy) is 1. The number of nitrogens with one attached hydrogen (secondary N) is 2. The van der Waals surface area contributed by atoms with Gasteiger partial charge in [-0.25, -0.2) is 0 Å². The normalized spacial score (nSPS) is 20.6. The van der Waals surface area contributed by atoms with Crippen LogP contribution in [0.2, 0.25) is 0 Å². The van der Waals surface area contributed by atoms with Crippen LogP contribution in [0.3, 0.4) is 0 Å². The van der Waals surface area contributed by atoms with Crippen molar-refractivity contribution < 1.29 is 17.9 Å². The molecule has 7 heteroatoms. The Morgan fingerprint density at radius 3 is 2.74 bits per heavy atom. The summed E-state index contributed by atoms with van der Waals surface area (Å²) >= 11 is 0. The maximum absolute atomic E-state index is 12.0. The van der Waals surface area contributed by atoms with E-state index >= 15 is 0 Å². The number of hydrogen-bond acceptors (Lipinski definition) is 2. The second-order valence-corrected chi connectivity index (χ2v) is 4.48. The second kappa shape index (κ2) is 8.24. The van der Waals surface area contributed by atoms with E-state index in [9.17, 15) is 13.2 Å². The lowest BCUT2D eigenvalue weighted by Gasteiger charge is -2.13. The summed E-state index contributed by atoms with van der Waals surface area (Å²) in [5, 5.41) is 5.61. The highest BCUT2D eigenvalue weighted by Gasteiger charge is 2.26. The summed E-state index contributed by atoms with van der Waals surface area (Å²) < 4.78 is 41.6. The molecule has 1 aliphatic rings. The summed E-state index contributed by atoms with van der Waals surface area (Å²) in [5.41, 5.74) is 0. The molecule has 1 aliphatic heterocycles. The van der Waals surface area contributed by atoms with E-state index in [1.807, 2.05) is 6.92 Å². The third kappa shape index (κ3) is 7.92. The molecule has 0 aliphatic carbocycles. The van der Waals surface area contributed by atoms with Gasteiger partial charge in [0.15, 0.2) is 5.96 Å². The van der Waals surface area contributed by atoms with Crippen LogP contribution in [0.15, 0.2) is 4.99 Å². The number of nitrogens with zero attached hydrogens (tertiary/aromatic N) is 1. The summed E-state index contributed by atoms with van der Waals surface area (Å²) in [4.78, 5) is 4.24. The van der Waals surface area contributed by atoms with Crippen molar-refractivity contribution in [3.63, 3.8) is 0 Å². The van der Waals surface area contributed by atoms with E-state index in [0.29, 0.717) is 19.0 Å². The van der Waals surface area contributed by atoms with Gasteiger partial charge in [0, 0.05) is 26.2 Å². The lowest BCUT2D eigenvalue weighted by atomic mass is 10.2. The van der Waals surface area contributed by atoms with Crippen LogP contribution in [0.25, 0.3) is 0 Å². The third-order valence-corrected chi connectivity index (χ3v) is 2.79. The zero-order valence-electron chi connectivity index (χ0n) is 11.2. The summed E-state index contributed by atoms with van der Waals surface area (Å²) in [6.07, 6.45) is -1.80. The highest BCUT2D eigenvalue weighted by atomic mass is 19.4. The topological polar surface area (TPSA) is 45.7 Å². The molecule has 0 bridgehead atoms. The van der Waals surface area contributed by atoms with Crippen LogP contribution >= 0.6 is 0 Å². The van der Waals surface area contributed by atoms with Gasteiger partial charge in [-0.3, -0.25) is 4.99 Å². The van der Waals surface area contributed by atoms with E-state index in [-0.39, 0.29) is 12.6 Å². The smallest absolute Gasteiger partial charge is 0.378 e. The van der Waals surface area contributed by atoms with Gasteiger partial charge in [0.25, 0.3) is 0 Å². The fourth-order valence-corrected chi connectivity index (χ4v) is 1.86. The molecule has 1 heterocycles. The molecule has 2 N–H and O–H groups in total. The zero-order valence-corrected chi connectivity index (χ0v) is 11.2. The largest absolute Gasteiger partial charge is 0.390 e. The number of halogens is 3. The third-order valence-electron chi connectivity index (χ3n) is 2.79. The Morgan fingerprint density at radius 2 is 2.16 bits per heavy atom. The van der Waals surface area contributed by atoms with E-state index in [0.717, 1.165) is 25.9 Å². The molecule has 112 valence electrons. The van der Waals surface area contributed by atoms with Crippen molar-refractivity contribution in [1.82, 2.24) is 10.6 Å². The first kappa shape index (κ1) is 16.1. The molecule has 1 fully saturated rings. The molecule has 0 aromatic rings. The fourth-order valence-electron chi connectivity index (χ4n) is 1.86. The highest BCUT2D eigenvalue weighted by molar-refractivity contribution is 5.79. The molecule has 0 aromatic carbocycles. The Labute approximate surface area is 111 Å². The van der Waals surface area contributed by atoms with Gasteiger partial charge in [0.05, 0.1) is 12.5 Å². The average Bonchev–Trinajstić information content (AvgIpc) is 2.80.